The fraction of sp³-hybridized carbons (Fsp3) is 0.278. The highest BCUT2D eigenvalue weighted by atomic mass is 35.5. The fourth-order valence-electron chi connectivity index (χ4n) is 2.62. The van der Waals surface area contributed by atoms with Crippen molar-refractivity contribution in [2.45, 2.75) is 19.6 Å². The van der Waals surface area contributed by atoms with Gasteiger partial charge in [-0.2, -0.15) is 0 Å². The Morgan fingerprint density at radius 2 is 1.88 bits per heavy atom. The van der Waals surface area contributed by atoms with Crippen LogP contribution in [0.1, 0.15) is 25.2 Å². The summed E-state index contributed by atoms with van der Waals surface area (Å²) in [6.45, 7) is 4.13. The number of thiazole rings is 1. The normalized spacial score (nSPS) is 13.0. The number of hydrogen-bond acceptors (Lipinski definition) is 6. The number of halogens is 1. The van der Waals surface area contributed by atoms with Crippen molar-refractivity contribution in [3.8, 4) is 0 Å². The molecule has 0 saturated carbocycles. The van der Waals surface area contributed by atoms with Crippen molar-refractivity contribution in [3.05, 3.63) is 59.1 Å². The SMILES string of the molecule is CCOP(=O)(OCC)C(Nc1nc2ccccc2s1)c1cccc(Cl)c1. The van der Waals surface area contributed by atoms with Crippen LogP contribution in [0.25, 0.3) is 10.2 Å². The van der Waals surface area contributed by atoms with Crippen molar-refractivity contribution < 1.29 is 13.6 Å². The lowest BCUT2D eigenvalue weighted by Crippen LogP contribution is -2.15. The van der Waals surface area contributed by atoms with Crippen LogP contribution in [-0.4, -0.2) is 18.2 Å². The van der Waals surface area contributed by atoms with E-state index in [4.69, 9.17) is 20.6 Å². The molecule has 0 aliphatic carbocycles. The molecule has 0 saturated heterocycles. The van der Waals surface area contributed by atoms with Crippen molar-refractivity contribution in [2.75, 3.05) is 18.5 Å². The van der Waals surface area contributed by atoms with E-state index in [1.165, 1.54) is 11.3 Å². The van der Waals surface area contributed by atoms with E-state index in [2.05, 4.69) is 10.3 Å². The molecule has 0 fully saturated rings. The van der Waals surface area contributed by atoms with Crippen molar-refractivity contribution >= 4 is 45.9 Å². The predicted octanol–water partition coefficient (Wildman–Crippen LogP) is 6.33. The first-order chi connectivity index (χ1) is 12.6. The van der Waals surface area contributed by atoms with Gasteiger partial charge in [-0.05, 0) is 43.7 Å². The monoisotopic (exact) mass is 410 g/mol. The predicted molar refractivity (Wildman–Crippen MR) is 108 cm³/mol. The molecule has 1 atom stereocenters. The van der Waals surface area contributed by atoms with Crippen molar-refractivity contribution in [3.63, 3.8) is 0 Å². The quantitative estimate of drug-likeness (QED) is 0.440. The van der Waals surface area contributed by atoms with Crippen molar-refractivity contribution in [2.24, 2.45) is 0 Å². The van der Waals surface area contributed by atoms with Gasteiger partial charge in [-0.15, -0.1) is 0 Å². The number of para-hydroxylation sites is 1. The maximum atomic E-state index is 13.5. The Morgan fingerprint density at radius 3 is 2.54 bits per heavy atom. The highest BCUT2D eigenvalue weighted by Crippen LogP contribution is 2.61. The summed E-state index contributed by atoms with van der Waals surface area (Å²) in [7, 11) is -3.48. The molecular formula is C18H20ClN2O3PS. The van der Waals surface area contributed by atoms with Crippen LogP contribution in [0.3, 0.4) is 0 Å². The van der Waals surface area contributed by atoms with Gasteiger partial charge in [0.15, 0.2) is 10.9 Å². The van der Waals surface area contributed by atoms with E-state index in [9.17, 15) is 4.57 Å². The summed E-state index contributed by atoms with van der Waals surface area (Å²) in [6.07, 6.45) is 0. The van der Waals surface area contributed by atoms with Gasteiger partial charge in [-0.25, -0.2) is 4.98 Å². The third-order valence-corrected chi connectivity index (χ3v) is 7.15. The van der Waals surface area contributed by atoms with Crippen LogP contribution in [0.4, 0.5) is 5.13 Å². The van der Waals surface area contributed by atoms with Crippen LogP contribution in [0.2, 0.25) is 5.02 Å². The molecule has 5 nitrogen and oxygen atoms in total. The molecule has 138 valence electrons. The molecule has 1 unspecified atom stereocenters. The summed E-state index contributed by atoms with van der Waals surface area (Å²) in [5.41, 5.74) is 1.61. The summed E-state index contributed by atoms with van der Waals surface area (Å²) >= 11 is 7.64. The average Bonchev–Trinajstić information content (AvgIpc) is 3.02. The summed E-state index contributed by atoms with van der Waals surface area (Å²) in [4.78, 5) is 4.58. The number of hydrogen-bond donors (Lipinski definition) is 1. The third kappa shape index (κ3) is 4.27. The standard InChI is InChI=1S/C18H20ClN2O3PS/c1-3-23-25(22,24-4-2)17(13-8-7-9-14(19)12-13)21-18-20-15-10-5-6-11-16(15)26-18/h5-12,17H,3-4H2,1-2H3,(H,20,21). The molecule has 0 spiro atoms. The minimum absolute atomic E-state index is 0.274. The van der Waals surface area contributed by atoms with Gasteiger partial charge in [0.2, 0.25) is 0 Å². The Morgan fingerprint density at radius 1 is 1.15 bits per heavy atom. The molecule has 0 bridgehead atoms. The third-order valence-electron chi connectivity index (χ3n) is 3.65. The molecular weight excluding hydrogens is 391 g/mol. The number of nitrogens with one attached hydrogen (secondary N) is 1. The van der Waals surface area contributed by atoms with Gasteiger partial charge in [0.05, 0.1) is 23.4 Å². The Balaban J connectivity index is 2.03. The zero-order valence-electron chi connectivity index (χ0n) is 14.5. The first-order valence-electron chi connectivity index (χ1n) is 8.32. The van der Waals surface area contributed by atoms with Crippen LogP contribution >= 0.6 is 30.5 Å². The molecule has 8 heteroatoms. The number of anilines is 1. The lowest BCUT2D eigenvalue weighted by Gasteiger charge is -2.27. The Hall–Kier alpha value is -1.43. The number of benzene rings is 2. The molecule has 3 rings (SSSR count). The lowest BCUT2D eigenvalue weighted by molar-refractivity contribution is 0.214. The van der Waals surface area contributed by atoms with Crippen molar-refractivity contribution in [1.29, 1.82) is 0 Å². The van der Waals surface area contributed by atoms with E-state index in [0.717, 1.165) is 15.8 Å². The second-order valence-corrected chi connectivity index (χ2v) is 9.04. The zero-order chi connectivity index (χ0) is 18.6. The highest BCUT2D eigenvalue weighted by molar-refractivity contribution is 7.54. The van der Waals surface area contributed by atoms with Crippen LogP contribution in [-0.2, 0) is 13.6 Å². The molecule has 26 heavy (non-hydrogen) atoms. The zero-order valence-corrected chi connectivity index (χ0v) is 17.0. The van der Waals surface area contributed by atoms with Crippen LogP contribution < -0.4 is 5.32 Å². The molecule has 2 aromatic carbocycles. The van der Waals surface area contributed by atoms with E-state index < -0.39 is 13.4 Å². The van der Waals surface area contributed by atoms with E-state index in [0.29, 0.717) is 10.2 Å². The van der Waals surface area contributed by atoms with Crippen LogP contribution in [0.15, 0.2) is 48.5 Å². The fourth-order valence-corrected chi connectivity index (χ4v) is 5.70. The van der Waals surface area contributed by atoms with Crippen LogP contribution in [0.5, 0.6) is 0 Å². The Bertz CT molecular complexity index is 890. The molecule has 0 amide bonds. The molecule has 1 heterocycles. The maximum absolute atomic E-state index is 13.5. The van der Waals surface area contributed by atoms with Gasteiger partial charge in [0, 0.05) is 5.02 Å². The summed E-state index contributed by atoms with van der Waals surface area (Å²) < 4.78 is 25.7. The number of aromatic nitrogens is 1. The molecule has 0 aliphatic heterocycles. The summed E-state index contributed by atoms with van der Waals surface area (Å²) in [5, 5.41) is 4.46. The summed E-state index contributed by atoms with van der Waals surface area (Å²) in [5.74, 6) is -0.707. The Labute approximate surface area is 161 Å². The van der Waals surface area contributed by atoms with E-state index >= 15 is 0 Å². The molecule has 0 aliphatic rings. The second kappa shape index (κ2) is 8.51. The van der Waals surface area contributed by atoms with Gasteiger partial charge in [-0.3, -0.25) is 4.57 Å². The number of fused-ring (bicyclic) bond motifs is 1. The van der Waals surface area contributed by atoms with Gasteiger partial charge in [0.25, 0.3) is 0 Å². The molecule has 0 radical (unpaired) electrons. The van der Waals surface area contributed by atoms with E-state index in [1.54, 1.807) is 26.0 Å². The maximum Gasteiger partial charge on any atom is 0.357 e. The second-order valence-electron chi connectivity index (χ2n) is 5.46. The van der Waals surface area contributed by atoms with Gasteiger partial charge >= 0.3 is 7.60 Å². The molecule has 1 N–H and O–H groups in total. The largest absolute Gasteiger partial charge is 0.357 e. The molecule has 1 aromatic heterocycles. The van der Waals surface area contributed by atoms with Gasteiger partial charge < -0.3 is 14.4 Å². The minimum atomic E-state index is -3.48. The van der Waals surface area contributed by atoms with E-state index in [-0.39, 0.29) is 13.2 Å². The first kappa shape index (κ1) is 19.3. The van der Waals surface area contributed by atoms with Gasteiger partial charge in [0.1, 0.15) is 0 Å². The summed E-state index contributed by atoms with van der Waals surface area (Å²) in [6, 6.07) is 15.0. The lowest BCUT2D eigenvalue weighted by atomic mass is 10.2. The highest BCUT2D eigenvalue weighted by Gasteiger charge is 2.37. The first-order valence-corrected chi connectivity index (χ1v) is 11.1. The number of nitrogens with zero attached hydrogens (tertiary/aromatic N) is 1. The molecule has 3 aromatic rings. The van der Waals surface area contributed by atoms with Crippen molar-refractivity contribution in [1.82, 2.24) is 4.98 Å². The topological polar surface area (TPSA) is 60.5 Å². The smallest absolute Gasteiger partial charge is 0.344 e. The van der Waals surface area contributed by atoms with E-state index in [1.807, 2.05) is 36.4 Å². The number of rotatable bonds is 8. The average molecular weight is 411 g/mol. The Kier molecular flexibility index (Phi) is 6.33. The van der Waals surface area contributed by atoms with Crippen LogP contribution in [0, 0.1) is 0 Å². The van der Waals surface area contributed by atoms with Gasteiger partial charge in [-0.1, -0.05) is 47.2 Å². The minimum Gasteiger partial charge on any atom is -0.344 e.